The van der Waals surface area contributed by atoms with E-state index < -0.39 is 45.2 Å². The van der Waals surface area contributed by atoms with Crippen molar-refractivity contribution in [1.82, 2.24) is 0 Å². The van der Waals surface area contributed by atoms with Gasteiger partial charge in [-0.3, -0.25) is 25.0 Å². The Morgan fingerprint density at radius 3 is 2.03 bits per heavy atom. The van der Waals surface area contributed by atoms with Gasteiger partial charge in [-0.15, -0.1) is 11.3 Å². The van der Waals surface area contributed by atoms with Crippen LogP contribution in [0.3, 0.4) is 0 Å². The van der Waals surface area contributed by atoms with E-state index in [1.807, 2.05) is 0 Å². The zero-order valence-electron chi connectivity index (χ0n) is 18.4. The average molecular weight is 479 g/mol. The molecule has 2 aromatic rings. The summed E-state index contributed by atoms with van der Waals surface area (Å²) in [6, 6.07) is 1.80. The molecule has 13 heteroatoms. The van der Waals surface area contributed by atoms with Crippen molar-refractivity contribution in [3.05, 3.63) is 59.5 Å². The van der Waals surface area contributed by atoms with Gasteiger partial charge in [-0.25, -0.2) is 9.59 Å². The van der Waals surface area contributed by atoms with E-state index in [1.54, 1.807) is 20.8 Å². The molecule has 0 saturated heterocycles. The van der Waals surface area contributed by atoms with E-state index in [1.165, 1.54) is 13.8 Å². The van der Waals surface area contributed by atoms with E-state index >= 15 is 0 Å². The van der Waals surface area contributed by atoms with Crippen LogP contribution in [0, 0.1) is 34.1 Å². The maximum Gasteiger partial charge on any atom is 0.348 e. The molecule has 0 radical (unpaired) electrons. The van der Waals surface area contributed by atoms with Crippen molar-refractivity contribution in [2.75, 3.05) is 11.9 Å². The van der Waals surface area contributed by atoms with Crippen molar-refractivity contribution in [2.45, 2.75) is 40.7 Å². The highest BCUT2D eigenvalue weighted by molar-refractivity contribution is 7.18. The van der Waals surface area contributed by atoms with Crippen LogP contribution in [-0.4, -0.2) is 40.4 Å². The average Bonchev–Trinajstić information content (AvgIpc) is 3.03. The highest BCUT2D eigenvalue weighted by Crippen LogP contribution is 2.36. The summed E-state index contributed by atoms with van der Waals surface area (Å²) < 4.78 is 10.2. The number of anilines is 1. The molecular formula is C20H21N3O9S. The smallest absolute Gasteiger partial charge is 0.348 e. The molecule has 12 nitrogen and oxygen atoms in total. The highest BCUT2D eigenvalue weighted by Gasteiger charge is 2.30. The lowest BCUT2D eigenvalue weighted by Crippen LogP contribution is -2.16. The van der Waals surface area contributed by atoms with Crippen LogP contribution in [0.2, 0.25) is 0 Å². The molecule has 1 aromatic heterocycles. The van der Waals surface area contributed by atoms with Crippen molar-refractivity contribution in [3.63, 3.8) is 0 Å². The third-order valence-corrected chi connectivity index (χ3v) is 5.58. The molecule has 0 aliphatic carbocycles. The van der Waals surface area contributed by atoms with Gasteiger partial charge in [0.2, 0.25) is 0 Å². The van der Waals surface area contributed by atoms with Crippen LogP contribution in [0.15, 0.2) is 12.1 Å². The lowest BCUT2D eigenvalue weighted by atomic mass is 10.1. The summed E-state index contributed by atoms with van der Waals surface area (Å²) in [5, 5.41) is 24.9. The molecular weight excluding hydrogens is 458 g/mol. The molecule has 0 unspecified atom stereocenters. The van der Waals surface area contributed by atoms with Gasteiger partial charge in [0.25, 0.3) is 17.3 Å². The Balaban J connectivity index is 2.56. The molecule has 0 atom stereocenters. The molecule has 0 aliphatic heterocycles. The summed E-state index contributed by atoms with van der Waals surface area (Å²) in [7, 11) is 0. The van der Waals surface area contributed by atoms with Gasteiger partial charge in [-0.05, 0) is 40.2 Å². The summed E-state index contributed by atoms with van der Waals surface area (Å²) in [5.74, 6) is -2.46. The predicted molar refractivity (Wildman–Crippen MR) is 118 cm³/mol. The van der Waals surface area contributed by atoms with Crippen LogP contribution in [-0.2, 0) is 9.47 Å². The number of esters is 2. The van der Waals surface area contributed by atoms with Crippen LogP contribution in [0.5, 0.6) is 0 Å². The molecule has 2 rings (SSSR count). The monoisotopic (exact) mass is 479 g/mol. The van der Waals surface area contributed by atoms with Crippen molar-refractivity contribution in [3.8, 4) is 0 Å². The lowest BCUT2D eigenvalue weighted by Gasteiger charge is -2.08. The number of amides is 1. The fourth-order valence-corrected chi connectivity index (χ4v) is 3.96. The standard InChI is InChI=1S/C20H21N3O9S/c1-6-31-19(25)15-11(5)16(20(26)32-9(2)3)33-18(15)21-17(24)12-7-13(22(27)28)10(4)14(8-12)23(29)30/h7-9H,6H2,1-5H3,(H,21,24). The van der Waals surface area contributed by atoms with E-state index in [2.05, 4.69) is 5.32 Å². The van der Waals surface area contributed by atoms with E-state index in [0.717, 1.165) is 23.5 Å². The molecule has 0 spiro atoms. The van der Waals surface area contributed by atoms with Crippen molar-refractivity contribution in [1.29, 1.82) is 0 Å². The number of nitro benzene ring substituents is 2. The van der Waals surface area contributed by atoms with Gasteiger partial charge in [0.15, 0.2) is 0 Å². The Hall–Kier alpha value is -3.87. The first-order valence-electron chi connectivity index (χ1n) is 9.65. The van der Waals surface area contributed by atoms with E-state index in [4.69, 9.17) is 9.47 Å². The molecule has 1 amide bonds. The number of nitrogens with zero attached hydrogens (tertiary/aromatic N) is 2. The number of nitrogens with one attached hydrogen (secondary N) is 1. The minimum absolute atomic E-state index is 0.0314. The molecule has 1 heterocycles. The number of carbonyl (C=O) groups is 3. The topological polar surface area (TPSA) is 168 Å². The molecule has 0 saturated carbocycles. The van der Waals surface area contributed by atoms with Crippen LogP contribution in [0.25, 0.3) is 0 Å². The Bertz CT molecular complexity index is 1120. The number of hydrogen-bond acceptors (Lipinski definition) is 10. The fourth-order valence-electron chi connectivity index (χ4n) is 2.88. The van der Waals surface area contributed by atoms with Crippen LogP contribution in [0.4, 0.5) is 16.4 Å². The van der Waals surface area contributed by atoms with Gasteiger partial charge in [0, 0.05) is 12.1 Å². The van der Waals surface area contributed by atoms with Crippen molar-refractivity contribution < 1.29 is 33.7 Å². The predicted octanol–water partition coefficient (Wildman–Crippen LogP) is 4.18. The van der Waals surface area contributed by atoms with Crippen LogP contribution >= 0.6 is 11.3 Å². The molecule has 1 N–H and O–H groups in total. The van der Waals surface area contributed by atoms with Gasteiger partial charge < -0.3 is 14.8 Å². The maximum atomic E-state index is 12.9. The Kier molecular flexibility index (Phi) is 7.82. The molecule has 0 bridgehead atoms. The normalized spacial score (nSPS) is 10.6. The van der Waals surface area contributed by atoms with Gasteiger partial charge >= 0.3 is 11.9 Å². The van der Waals surface area contributed by atoms with Crippen LogP contribution in [0.1, 0.15) is 62.3 Å². The summed E-state index contributed by atoms with van der Waals surface area (Å²) in [5.41, 5.74) is -1.65. The maximum absolute atomic E-state index is 12.9. The molecule has 33 heavy (non-hydrogen) atoms. The second-order valence-electron chi connectivity index (χ2n) is 7.04. The number of hydrogen-bond donors (Lipinski definition) is 1. The lowest BCUT2D eigenvalue weighted by molar-refractivity contribution is -0.395. The summed E-state index contributed by atoms with van der Waals surface area (Å²) in [4.78, 5) is 58.8. The van der Waals surface area contributed by atoms with Gasteiger partial charge in [-0.2, -0.15) is 0 Å². The highest BCUT2D eigenvalue weighted by atomic mass is 32.1. The first-order chi connectivity index (χ1) is 15.4. The van der Waals surface area contributed by atoms with E-state index in [-0.39, 0.29) is 38.7 Å². The third kappa shape index (κ3) is 5.49. The molecule has 0 fully saturated rings. The van der Waals surface area contributed by atoms with Gasteiger partial charge in [-0.1, -0.05) is 0 Å². The zero-order chi connectivity index (χ0) is 25.0. The molecule has 1 aromatic carbocycles. The number of rotatable bonds is 8. The minimum atomic E-state index is -0.947. The Morgan fingerprint density at radius 1 is 1.03 bits per heavy atom. The van der Waals surface area contributed by atoms with Gasteiger partial charge in [0.05, 0.1) is 33.7 Å². The number of thiophene rings is 1. The number of carbonyl (C=O) groups excluding carboxylic acids is 3. The third-order valence-electron chi connectivity index (χ3n) is 4.39. The number of ether oxygens (including phenoxy) is 2. The summed E-state index contributed by atoms with van der Waals surface area (Å²) >= 11 is 0.762. The first kappa shape index (κ1) is 25.4. The number of nitro groups is 2. The van der Waals surface area contributed by atoms with E-state index in [9.17, 15) is 34.6 Å². The minimum Gasteiger partial charge on any atom is -0.462 e. The van der Waals surface area contributed by atoms with Crippen LogP contribution < -0.4 is 5.32 Å². The van der Waals surface area contributed by atoms with Gasteiger partial charge in [0.1, 0.15) is 15.4 Å². The zero-order valence-corrected chi connectivity index (χ0v) is 19.2. The van der Waals surface area contributed by atoms with Crippen molar-refractivity contribution >= 4 is 45.6 Å². The van der Waals surface area contributed by atoms with E-state index in [0.29, 0.717) is 0 Å². The second kappa shape index (κ2) is 10.2. The Labute approximate surface area is 191 Å². The second-order valence-corrected chi connectivity index (χ2v) is 8.06. The molecule has 176 valence electrons. The Morgan fingerprint density at radius 2 is 1.58 bits per heavy atom. The summed E-state index contributed by atoms with van der Waals surface area (Å²) in [6.07, 6.45) is -0.434. The van der Waals surface area contributed by atoms with Crippen molar-refractivity contribution in [2.24, 2.45) is 0 Å². The quantitative estimate of drug-likeness (QED) is 0.332. The molecule has 0 aliphatic rings. The SMILES string of the molecule is CCOC(=O)c1c(NC(=O)c2cc([N+](=O)[O-])c(C)c([N+](=O)[O-])c2)sc(C(=O)OC(C)C)c1C. The number of benzene rings is 1. The largest absolute Gasteiger partial charge is 0.462 e. The first-order valence-corrected chi connectivity index (χ1v) is 10.5. The fraction of sp³-hybridized carbons (Fsp3) is 0.350. The summed E-state index contributed by atoms with van der Waals surface area (Å²) in [6.45, 7) is 7.59.